The summed E-state index contributed by atoms with van der Waals surface area (Å²) in [6.07, 6.45) is 7.83. The maximum atomic E-state index is 9.00. The molecule has 0 fully saturated rings. The molecule has 4 nitrogen and oxygen atoms in total. The summed E-state index contributed by atoms with van der Waals surface area (Å²) in [5, 5.41) is 36.0. The van der Waals surface area contributed by atoms with Crippen LogP contribution in [0.5, 0.6) is 0 Å². The Morgan fingerprint density at radius 1 is 0.500 bits per heavy atom. The zero-order valence-electron chi connectivity index (χ0n) is 18.8. The molecule has 0 aromatic heterocycles. The third kappa shape index (κ3) is 7.70. The van der Waals surface area contributed by atoms with Gasteiger partial charge in [0.1, 0.15) is 0 Å². The first-order valence-corrected chi connectivity index (χ1v) is 14.2. The molecule has 6 heteroatoms. The summed E-state index contributed by atoms with van der Waals surface area (Å²) in [5.41, 5.74) is 8.15. The first kappa shape index (κ1) is 26.1. The van der Waals surface area contributed by atoms with Gasteiger partial charge in [0.25, 0.3) is 0 Å². The molecule has 158 valence electrons. The van der Waals surface area contributed by atoms with Gasteiger partial charge in [-0.15, -0.1) is 15.8 Å². The van der Waals surface area contributed by atoms with Crippen LogP contribution < -0.4 is 0 Å². The van der Waals surface area contributed by atoms with E-state index in [2.05, 4.69) is 52.0 Å². The molecule has 0 amide bonds. The summed E-state index contributed by atoms with van der Waals surface area (Å²) < 4.78 is 0. The molecule has 30 heavy (non-hydrogen) atoms. The largest absolute Gasteiger partial charge is 0.198 e. The van der Waals surface area contributed by atoms with Gasteiger partial charge in [0, 0.05) is 25.7 Å². The Kier molecular flexibility index (Phi) is 12.3. The molecule has 1 aromatic rings. The van der Waals surface area contributed by atoms with Gasteiger partial charge in [-0.2, -0.15) is 21.0 Å². The average Bonchev–Trinajstić information content (AvgIpc) is 2.75. The van der Waals surface area contributed by atoms with E-state index in [1.165, 1.54) is 33.4 Å². The fourth-order valence-corrected chi connectivity index (χ4v) is 8.35. The summed E-state index contributed by atoms with van der Waals surface area (Å²) in [6, 6.07) is 9.06. The number of benzene rings is 1. The van der Waals surface area contributed by atoms with Crippen molar-refractivity contribution in [3.05, 3.63) is 33.4 Å². The van der Waals surface area contributed by atoms with Gasteiger partial charge in [-0.25, -0.2) is 0 Å². The van der Waals surface area contributed by atoms with Crippen molar-refractivity contribution in [3.8, 4) is 24.3 Å². The highest BCUT2D eigenvalue weighted by Gasteiger charge is 2.20. The molecular formula is C24H32N4P2. The van der Waals surface area contributed by atoms with Crippen LogP contribution in [0.3, 0.4) is 0 Å². The molecule has 0 heterocycles. The smallest absolute Gasteiger partial charge is 0.0625 e. The van der Waals surface area contributed by atoms with Gasteiger partial charge < -0.3 is 0 Å². The topological polar surface area (TPSA) is 95.2 Å². The second-order valence-electron chi connectivity index (χ2n) is 7.64. The van der Waals surface area contributed by atoms with E-state index in [1.807, 2.05) is 0 Å². The van der Waals surface area contributed by atoms with Crippen LogP contribution in [0.15, 0.2) is 0 Å². The van der Waals surface area contributed by atoms with Crippen LogP contribution in [-0.4, -0.2) is 24.6 Å². The Labute approximate surface area is 185 Å². The van der Waals surface area contributed by atoms with Crippen molar-refractivity contribution in [2.24, 2.45) is 0 Å². The lowest BCUT2D eigenvalue weighted by Gasteiger charge is -2.26. The van der Waals surface area contributed by atoms with E-state index < -0.39 is 0 Å². The number of nitrogens with zero attached hydrogens (tertiary/aromatic N) is 4. The van der Waals surface area contributed by atoms with Crippen LogP contribution in [0.2, 0.25) is 0 Å². The summed E-state index contributed by atoms with van der Waals surface area (Å²) in [5.74, 6) is 0. The minimum Gasteiger partial charge on any atom is -0.198 e. The highest BCUT2D eigenvalue weighted by Crippen LogP contribution is 2.46. The van der Waals surface area contributed by atoms with Crippen molar-refractivity contribution in [1.82, 2.24) is 0 Å². The SMILES string of the molecule is Cc1c(C)c(CP(CCC#N)CCC#N)c(C)c(C)c1CP(CCC#N)CCC#N. The van der Waals surface area contributed by atoms with Gasteiger partial charge in [-0.3, -0.25) is 0 Å². The second kappa shape index (κ2) is 14.1. The Bertz CT molecular complexity index is 743. The van der Waals surface area contributed by atoms with Gasteiger partial charge >= 0.3 is 0 Å². The van der Waals surface area contributed by atoms with Gasteiger partial charge in [0.2, 0.25) is 0 Å². The van der Waals surface area contributed by atoms with Crippen LogP contribution in [0.4, 0.5) is 0 Å². The molecule has 1 aromatic carbocycles. The zero-order chi connectivity index (χ0) is 22.5. The fourth-order valence-electron chi connectivity index (χ4n) is 3.76. The number of hydrogen-bond donors (Lipinski definition) is 0. The lowest BCUT2D eigenvalue weighted by molar-refractivity contribution is 1.08. The van der Waals surface area contributed by atoms with E-state index in [9.17, 15) is 0 Å². The zero-order valence-corrected chi connectivity index (χ0v) is 20.5. The summed E-state index contributed by atoms with van der Waals surface area (Å²) in [4.78, 5) is 0. The molecule has 0 aliphatic heterocycles. The molecule has 0 atom stereocenters. The molecular weight excluding hydrogens is 406 g/mol. The third-order valence-corrected chi connectivity index (χ3v) is 10.8. The standard InChI is InChI=1S/C24H32N4P2/c1-19-20(2)24(18-30(15-7-11-27)16-8-12-28)22(4)21(3)23(19)17-29(13-5-9-25)14-6-10-26/h5-8,13-18H2,1-4H3. The van der Waals surface area contributed by atoms with Crippen LogP contribution in [0.1, 0.15) is 59.1 Å². The monoisotopic (exact) mass is 438 g/mol. The van der Waals surface area contributed by atoms with Gasteiger partial charge in [-0.05, 0) is 98.0 Å². The highest BCUT2D eigenvalue weighted by atomic mass is 31.1. The first-order valence-electron chi connectivity index (χ1n) is 10.4. The first-order chi connectivity index (χ1) is 14.4. The van der Waals surface area contributed by atoms with Gasteiger partial charge in [-0.1, -0.05) is 0 Å². The van der Waals surface area contributed by atoms with E-state index in [4.69, 9.17) is 21.0 Å². The molecule has 0 aliphatic carbocycles. The molecule has 0 saturated heterocycles. The second-order valence-corrected chi connectivity index (χ2v) is 12.7. The van der Waals surface area contributed by atoms with Crippen LogP contribution >= 0.6 is 15.8 Å². The van der Waals surface area contributed by atoms with Crippen molar-refractivity contribution in [2.45, 2.75) is 65.7 Å². The number of nitriles is 4. The minimum absolute atomic E-state index is 0.361. The Morgan fingerprint density at radius 3 is 0.933 bits per heavy atom. The maximum Gasteiger partial charge on any atom is 0.0625 e. The van der Waals surface area contributed by atoms with Crippen molar-refractivity contribution < 1.29 is 0 Å². The minimum atomic E-state index is -0.361. The van der Waals surface area contributed by atoms with Crippen molar-refractivity contribution in [1.29, 1.82) is 21.0 Å². The molecule has 0 radical (unpaired) electrons. The van der Waals surface area contributed by atoms with Crippen LogP contribution in [0, 0.1) is 73.0 Å². The lowest BCUT2D eigenvalue weighted by Crippen LogP contribution is -2.07. The van der Waals surface area contributed by atoms with Crippen molar-refractivity contribution >= 4 is 15.8 Å². The van der Waals surface area contributed by atoms with E-state index >= 15 is 0 Å². The molecule has 0 N–H and O–H groups in total. The number of rotatable bonds is 12. The quantitative estimate of drug-likeness (QED) is 0.346. The van der Waals surface area contributed by atoms with Gasteiger partial charge in [0.05, 0.1) is 24.3 Å². The van der Waals surface area contributed by atoms with E-state index in [0.717, 1.165) is 37.0 Å². The summed E-state index contributed by atoms with van der Waals surface area (Å²) >= 11 is 0. The van der Waals surface area contributed by atoms with Crippen LogP contribution in [-0.2, 0) is 12.3 Å². The van der Waals surface area contributed by atoms with E-state index in [-0.39, 0.29) is 15.8 Å². The molecule has 1 rings (SSSR count). The normalized spacial score (nSPS) is 10.5. The number of hydrogen-bond acceptors (Lipinski definition) is 4. The Balaban J connectivity index is 3.21. The molecule has 0 unspecified atom stereocenters. The molecule has 0 aliphatic rings. The fraction of sp³-hybridized carbons (Fsp3) is 0.583. The highest BCUT2D eigenvalue weighted by molar-refractivity contribution is 7.57. The maximum absolute atomic E-state index is 9.00. The van der Waals surface area contributed by atoms with Crippen molar-refractivity contribution in [2.75, 3.05) is 24.6 Å². The van der Waals surface area contributed by atoms with Crippen LogP contribution in [0.25, 0.3) is 0 Å². The average molecular weight is 438 g/mol. The van der Waals surface area contributed by atoms with Gasteiger partial charge in [0.15, 0.2) is 0 Å². The lowest BCUT2D eigenvalue weighted by atomic mass is 9.90. The summed E-state index contributed by atoms with van der Waals surface area (Å²) in [7, 11) is -0.723. The molecule has 0 saturated carbocycles. The third-order valence-electron chi connectivity index (χ3n) is 5.86. The predicted octanol–water partition coefficient (Wildman–Crippen LogP) is 6.54. The Hall–Kier alpha value is -1.96. The summed E-state index contributed by atoms with van der Waals surface area (Å²) in [6.45, 7) is 8.82. The molecule has 0 bridgehead atoms. The molecule has 0 spiro atoms. The predicted molar refractivity (Wildman–Crippen MR) is 127 cm³/mol. The van der Waals surface area contributed by atoms with E-state index in [0.29, 0.717) is 25.7 Å². The van der Waals surface area contributed by atoms with E-state index in [1.54, 1.807) is 0 Å². The van der Waals surface area contributed by atoms with Crippen molar-refractivity contribution in [3.63, 3.8) is 0 Å². The Morgan fingerprint density at radius 2 is 0.733 bits per heavy atom.